The van der Waals surface area contributed by atoms with Crippen LogP contribution in [0.1, 0.15) is 32.6 Å². The van der Waals surface area contributed by atoms with Gasteiger partial charge in [-0.3, -0.25) is 19.2 Å². The van der Waals surface area contributed by atoms with Gasteiger partial charge in [-0.25, -0.2) is 4.98 Å². The Morgan fingerprint density at radius 2 is 2.08 bits per heavy atom. The number of nitrogens with one attached hydrogen (secondary N) is 3. The van der Waals surface area contributed by atoms with Crippen LogP contribution in [0.4, 0.5) is 19.0 Å². The first-order valence-corrected chi connectivity index (χ1v) is 11.3. The van der Waals surface area contributed by atoms with Crippen LogP contribution in [-0.4, -0.2) is 70.0 Å². The van der Waals surface area contributed by atoms with Crippen LogP contribution in [0, 0.1) is 17.2 Å². The molecule has 1 spiro atoms. The number of rotatable bonds is 6. The van der Waals surface area contributed by atoms with E-state index in [1.54, 1.807) is 17.4 Å². The van der Waals surface area contributed by atoms with Crippen LogP contribution in [0.25, 0.3) is 0 Å². The molecular weight excluding hydrogens is 485 g/mol. The van der Waals surface area contributed by atoms with Crippen molar-refractivity contribution in [1.82, 2.24) is 20.5 Å². The Labute approximate surface area is 203 Å². The lowest BCUT2D eigenvalue weighted by atomic mass is 9.97. The third-order valence-electron chi connectivity index (χ3n) is 6.36. The van der Waals surface area contributed by atoms with Crippen molar-refractivity contribution in [2.24, 2.45) is 5.92 Å². The molecule has 1 saturated heterocycles. The Morgan fingerprint density at radius 3 is 2.72 bits per heavy atom. The summed E-state index contributed by atoms with van der Waals surface area (Å²) in [6, 6.07) is 1.39. The van der Waals surface area contributed by atoms with Crippen molar-refractivity contribution in [3.05, 3.63) is 18.3 Å². The van der Waals surface area contributed by atoms with Gasteiger partial charge < -0.3 is 25.6 Å². The maximum Gasteiger partial charge on any atom is 0.471 e. The monoisotopic (exact) mass is 508 g/mol. The summed E-state index contributed by atoms with van der Waals surface area (Å²) < 4.78 is 43.5. The smallest absolute Gasteiger partial charge is 0.471 e. The summed E-state index contributed by atoms with van der Waals surface area (Å²) in [6.45, 7) is 0.786. The van der Waals surface area contributed by atoms with Gasteiger partial charge in [0.2, 0.25) is 17.4 Å². The van der Waals surface area contributed by atoms with Crippen molar-refractivity contribution in [3.8, 4) is 11.8 Å². The Bertz CT molecular complexity index is 1130. The summed E-state index contributed by atoms with van der Waals surface area (Å²) in [6.07, 6.45) is -2.02. The first-order chi connectivity index (χ1) is 16.9. The van der Waals surface area contributed by atoms with Crippen molar-refractivity contribution in [1.29, 1.82) is 5.26 Å². The fourth-order valence-corrected chi connectivity index (χ4v) is 4.25. The van der Waals surface area contributed by atoms with Gasteiger partial charge in [-0.1, -0.05) is 12.8 Å². The molecule has 4 amide bonds. The third-order valence-corrected chi connectivity index (χ3v) is 6.36. The number of anilines is 1. The van der Waals surface area contributed by atoms with Gasteiger partial charge in [0.05, 0.1) is 12.6 Å². The number of halogens is 3. The van der Waals surface area contributed by atoms with Gasteiger partial charge in [0.1, 0.15) is 18.1 Å². The zero-order chi connectivity index (χ0) is 26.3. The fourth-order valence-electron chi connectivity index (χ4n) is 4.25. The van der Waals surface area contributed by atoms with E-state index in [1.165, 1.54) is 6.20 Å². The number of pyridine rings is 1. The summed E-state index contributed by atoms with van der Waals surface area (Å²) in [5.41, 5.74) is -1.55. The van der Waals surface area contributed by atoms with Crippen LogP contribution in [0.5, 0.6) is 5.75 Å². The first kappa shape index (κ1) is 25.2. The molecule has 11 nitrogen and oxygen atoms in total. The number of hydrogen-bond donors (Lipinski definition) is 3. The highest BCUT2D eigenvalue weighted by Gasteiger charge is 2.56. The standard InChI is InChI=1S/C22H23F3N6O5/c1-11(28-20(35)22(23,24)25)17(32)29-14(7-12-4-5-12)18(33)31-10-21(8-13(31)9-26)19(34)30-16-15(36-21)3-2-6-27-16/h2-3,6,11-14H,4-5,7-8,10H2,1H3,(H,28,35)(H,29,32)(H,27,30,34)/t11-,13-,14-,21+/m0/s1. The molecule has 1 aromatic heterocycles. The number of carbonyl (C=O) groups excluding carboxylic acids is 4. The second-order valence-corrected chi connectivity index (χ2v) is 9.15. The lowest BCUT2D eigenvalue weighted by Gasteiger charge is -2.33. The molecule has 14 heteroatoms. The molecule has 3 N–H and O–H groups in total. The Morgan fingerprint density at radius 1 is 1.36 bits per heavy atom. The SMILES string of the molecule is C[C@H](NC(=O)C(F)(F)F)C(=O)N[C@@H](CC1CC1)C(=O)N1C[C@@]2(C[C@H]1C#N)Oc1cccnc1NC2=O. The van der Waals surface area contributed by atoms with Crippen molar-refractivity contribution in [3.63, 3.8) is 0 Å². The summed E-state index contributed by atoms with van der Waals surface area (Å²) in [5.74, 6) is -3.90. The second-order valence-electron chi connectivity index (χ2n) is 9.15. The summed E-state index contributed by atoms with van der Waals surface area (Å²) in [4.78, 5) is 55.3. The van der Waals surface area contributed by atoms with Crippen LogP contribution < -0.4 is 20.7 Å². The Kier molecular flexibility index (Phi) is 6.50. The zero-order valence-electron chi connectivity index (χ0n) is 19.1. The molecule has 1 saturated carbocycles. The quantitative estimate of drug-likeness (QED) is 0.509. The highest BCUT2D eigenvalue weighted by Crippen LogP contribution is 2.40. The number of aromatic nitrogens is 1. The van der Waals surface area contributed by atoms with E-state index in [0.717, 1.165) is 24.7 Å². The zero-order valence-corrected chi connectivity index (χ0v) is 19.1. The van der Waals surface area contributed by atoms with E-state index in [-0.39, 0.29) is 36.9 Å². The topological polar surface area (TPSA) is 154 Å². The number of fused-ring (bicyclic) bond motifs is 1. The minimum Gasteiger partial charge on any atom is -0.472 e. The Hall–Kier alpha value is -3.89. The van der Waals surface area contributed by atoms with Gasteiger partial charge in [0.25, 0.3) is 5.91 Å². The molecule has 2 aliphatic heterocycles. The molecule has 4 rings (SSSR count). The lowest BCUT2D eigenvalue weighted by molar-refractivity contribution is -0.174. The van der Waals surface area contributed by atoms with Crippen LogP contribution in [0.15, 0.2) is 18.3 Å². The fraction of sp³-hybridized carbons (Fsp3) is 0.545. The molecule has 0 bridgehead atoms. The highest BCUT2D eigenvalue weighted by atomic mass is 19.4. The molecule has 0 aromatic carbocycles. The molecule has 4 atom stereocenters. The Balaban J connectivity index is 1.50. The number of nitriles is 1. The number of nitrogens with zero attached hydrogens (tertiary/aromatic N) is 3. The van der Waals surface area contributed by atoms with Gasteiger partial charge in [0, 0.05) is 12.6 Å². The maximum atomic E-state index is 13.5. The normalized spacial score (nSPS) is 24.6. The van der Waals surface area contributed by atoms with Crippen molar-refractivity contribution < 1.29 is 37.1 Å². The van der Waals surface area contributed by atoms with E-state index in [1.807, 2.05) is 6.07 Å². The van der Waals surface area contributed by atoms with E-state index in [4.69, 9.17) is 4.74 Å². The number of ether oxygens (including phenoxy) is 1. The largest absolute Gasteiger partial charge is 0.472 e. The van der Waals surface area contributed by atoms with E-state index >= 15 is 0 Å². The molecule has 36 heavy (non-hydrogen) atoms. The second kappa shape index (κ2) is 9.29. The van der Waals surface area contributed by atoms with E-state index in [0.29, 0.717) is 0 Å². The predicted octanol–water partition coefficient (Wildman–Crippen LogP) is 0.628. The minimum atomic E-state index is -5.17. The molecule has 1 aliphatic carbocycles. The van der Waals surface area contributed by atoms with E-state index in [9.17, 15) is 37.6 Å². The van der Waals surface area contributed by atoms with Crippen LogP contribution in [-0.2, 0) is 19.2 Å². The number of amides is 4. The number of hydrogen-bond acceptors (Lipinski definition) is 7. The highest BCUT2D eigenvalue weighted by molar-refractivity contribution is 6.01. The van der Waals surface area contributed by atoms with Gasteiger partial charge >= 0.3 is 12.1 Å². The maximum absolute atomic E-state index is 13.5. The van der Waals surface area contributed by atoms with Crippen LogP contribution >= 0.6 is 0 Å². The molecule has 0 radical (unpaired) electrons. The predicted molar refractivity (Wildman–Crippen MR) is 115 cm³/mol. The average molecular weight is 508 g/mol. The van der Waals surface area contributed by atoms with Crippen molar-refractivity contribution in [2.45, 2.75) is 62.5 Å². The summed E-state index contributed by atoms with van der Waals surface area (Å²) in [7, 11) is 0. The van der Waals surface area contributed by atoms with Crippen LogP contribution in [0.2, 0.25) is 0 Å². The average Bonchev–Trinajstić information content (AvgIpc) is 3.56. The summed E-state index contributed by atoms with van der Waals surface area (Å²) >= 11 is 0. The van der Waals surface area contributed by atoms with Crippen molar-refractivity contribution in [2.75, 3.05) is 11.9 Å². The molecular formula is C22H23F3N6O5. The minimum absolute atomic E-state index is 0.114. The number of carbonyl (C=O) groups is 4. The molecule has 192 valence electrons. The molecule has 0 unspecified atom stereocenters. The molecule has 3 heterocycles. The lowest BCUT2D eigenvalue weighted by Crippen LogP contribution is -2.57. The molecule has 3 aliphatic rings. The molecule has 2 fully saturated rings. The third kappa shape index (κ3) is 5.05. The van der Waals surface area contributed by atoms with Gasteiger partial charge in [-0.2, -0.15) is 18.4 Å². The number of likely N-dealkylation sites (tertiary alicyclic amines) is 1. The van der Waals surface area contributed by atoms with Gasteiger partial charge in [0.15, 0.2) is 11.6 Å². The van der Waals surface area contributed by atoms with E-state index in [2.05, 4.69) is 15.6 Å². The van der Waals surface area contributed by atoms with E-state index < -0.39 is 53.5 Å². The van der Waals surface area contributed by atoms with Crippen molar-refractivity contribution >= 4 is 29.4 Å². The first-order valence-electron chi connectivity index (χ1n) is 11.3. The van der Waals surface area contributed by atoms with Crippen LogP contribution in [0.3, 0.4) is 0 Å². The van der Waals surface area contributed by atoms with Gasteiger partial charge in [-0.05, 0) is 31.4 Å². The number of alkyl halides is 3. The molecule has 1 aromatic rings. The summed E-state index contributed by atoms with van der Waals surface area (Å²) in [5, 5.41) is 16.3. The van der Waals surface area contributed by atoms with Gasteiger partial charge in [-0.15, -0.1) is 0 Å².